The fourth-order valence-electron chi connectivity index (χ4n) is 4.82. The van der Waals surface area contributed by atoms with Gasteiger partial charge in [0.25, 0.3) is 0 Å². The number of anilines is 1. The third-order valence-corrected chi connectivity index (χ3v) is 6.90. The molecule has 0 unspecified atom stereocenters. The molecular formula is C30H29F2N5O5. The summed E-state index contributed by atoms with van der Waals surface area (Å²) in [6.07, 6.45) is -0.780. The zero-order valence-corrected chi connectivity index (χ0v) is 22.9. The summed E-state index contributed by atoms with van der Waals surface area (Å²) in [7, 11) is 1.55. The van der Waals surface area contributed by atoms with E-state index in [1.54, 1.807) is 35.9 Å². The van der Waals surface area contributed by atoms with Gasteiger partial charge in [0.1, 0.15) is 11.9 Å². The number of ether oxygens (including phenoxy) is 1. The number of benzene rings is 3. The Balaban J connectivity index is 1.44. The molecule has 12 heteroatoms. The maximum Gasteiger partial charge on any atom is 0.335 e. The van der Waals surface area contributed by atoms with Crippen LogP contribution < -0.4 is 10.6 Å². The Bertz CT molecular complexity index is 1600. The Labute approximate surface area is 240 Å². The second-order valence-corrected chi connectivity index (χ2v) is 9.74. The average Bonchev–Trinajstić information content (AvgIpc) is 3.54. The van der Waals surface area contributed by atoms with Gasteiger partial charge in [-0.15, -0.1) is 0 Å². The number of hydrogen-bond acceptors (Lipinski definition) is 6. The molecule has 5 rings (SSSR count). The Morgan fingerprint density at radius 2 is 1.86 bits per heavy atom. The van der Waals surface area contributed by atoms with Crippen LogP contribution in [0.3, 0.4) is 0 Å². The zero-order chi connectivity index (χ0) is 29.8. The third-order valence-electron chi connectivity index (χ3n) is 6.90. The lowest BCUT2D eigenvalue weighted by Crippen LogP contribution is -2.42. The predicted octanol–water partition coefficient (Wildman–Crippen LogP) is 4.95. The van der Waals surface area contributed by atoms with Crippen LogP contribution in [0.25, 0.3) is 16.9 Å². The molecule has 0 bridgehead atoms. The summed E-state index contributed by atoms with van der Waals surface area (Å²) in [6.45, 7) is 2.81. The van der Waals surface area contributed by atoms with Gasteiger partial charge in [0.15, 0.2) is 11.6 Å². The van der Waals surface area contributed by atoms with Crippen molar-refractivity contribution in [3.05, 3.63) is 101 Å². The number of urea groups is 1. The number of methoxy groups -OCH3 is 1. The normalized spacial score (nSPS) is 16.9. The number of amides is 2. The summed E-state index contributed by atoms with van der Waals surface area (Å²) in [4.78, 5) is 31.0. The average molecular weight is 578 g/mol. The molecule has 2 amide bonds. The number of hydrogen-bond donors (Lipinski definition) is 3. The molecule has 1 aliphatic rings. The molecule has 0 aliphatic carbocycles. The van der Waals surface area contributed by atoms with Crippen LogP contribution in [-0.2, 0) is 9.57 Å². The Morgan fingerprint density at radius 3 is 2.57 bits per heavy atom. The topological polar surface area (TPSA) is 118 Å². The molecule has 10 nitrogen and oxygen atoms in total. The highest BCUT2D eigenvalue weighted by atomic mass is 19.2. The third kappa shape index (κ3) is 6.15. The molecule has 0 radical (unpaired) electrons. The fraction of sp³-hybridized carbons (Fsp3) is 0.233. The highest BCUT2D eigenvalue weighted by molar-refractivity contribution is 5.92. The van der Waals surface area contributed by atoms with Crippen molar-refractivity contribution in [2.24, 2.45) is 0 Å². The van der Waals surface area contributed by atoms with Gasteiger partial charge in [-0.05, 0) is 48.9 Å². The molecule has 0 saturated carbocycles. The summed E-state index contributed by atoms with van der Waals surface area (Å²) in [5, 5.41) is 21.6. The van der Waals surface area contributed by atoms with Crippen LogP contribution in [0.2, 0.25) is 0 Å². The van der Waals surface area contributed by atoms with Gasteiger partial charge in [0, 0.05) is 31.3 Å². The Hall–Kier alpha value is -4.65. The molecule has 0 spiro atoms. The van der Waals surface area contributed by atoms with Gasteiger partial charge in [0.2, 0.25) is 0 Å². The molecule has 218 valence electrons. The van der Waals surface area contributed by atoms with Crippen LogP contribution >= 0.6 is 0 Å². The maximum absolute atomic E-state index is 14.1. The van der Waals surface area contributed by atoms with E-state index in [0.29, 0.717) is 47.0 Å². The molecule has 2 heterocycles. The molecule has 1 fully saturated rings. The lowest BCUT2D eigenvalue weighted by Gasteiger charge is -2.20. The minimum absolute atomic E-state index is 0.107. The number of nitrogens with zero attached hydrogens (tertiary/aromatic N) is 3. The zero-order valence-electron chi connectivity index (χ0n) is 22.9. The maximum atomic E-state index is 14.1. The quantitative estimate of drug-likeness (QED) is 0.258. The van der Waals surface area contributed by atoms with Crippen LogP contribution in [0, 0.1) is 18.6 Å². The number of carboxylic acid groups (broad SMARTS) is 1. The highest BCUT2D eigenvalue weighted by Crippen LogP contribution is 2.33. The van der Waals surface area contributed by atoms with Crippen molar-refractivity contribution in [2.75, 3.05) is 32.1 Å². The number of hydroxylamine groups is 2. The van der Waals surface area contributed by atoms with Crippen molar-refractivity contribution in [1.82, 2.24) is 20.2 Å². The van der Waals surface area contributed by atoms with Crippen LogP contribution in [-0.4, -0.2) is 64.8 Å². The van der Waals surface area contributed by atoms with E-state index in [9.17, 15) is 23.5 Å². The van der Waals surface area contributed by atoms with Crippen LogP contribution in [0.15, 0.2) is 72.8 Å². The lowest BCUT2D eigenvalue weighted by atomic mass is 10.0. The molecule has 1 aliphatic heterocycles. The monoisotopic (exact) mass is 577 g/mol. The van der Waals surface area contributed by atoms with Gasteiger partial charge >= 0.3 is 12.0 Å². The van der Waals surface area contributed by atoms with Crippen LogP contribution in [0.5, 0.6) is 0 Å². The van der Waals surface area contributed by atoms with Gasteiger partial charge in [-0.3, -0.25) is 10.2 Å². The van der Waals surface area contributed by atoms with E-state index in [1.165, 1.54) is 18.2 Å². The molecule has 3 aromatic carbocycles. The second-order valence-electron chi connectivity index (χ2n) is 9.74. The first-order valence-corrected chi connectivity index (χ1v) is 13.2. The van der Waals surface area contributed by atoms with Gasteiger partial charge < -0.3 is 15.2 Å². The molecule has 4 aromatic rings. The van der Waals surface area contributed by atoms with Gasteiger partial charge in [-0.25, -0.2) is 23.1 Å². The summed E-state index contributed by atoms with van der Waals surface area (Å²) in [5.74, 6) is -2.70. The van der Waals surface area contributed by atoms with E-state index in [0.717, 1.165) is 12.1 Å². The minimum Gasteiger partial charge on any atom is -0.478 e. The van der Waals surface area contributed by atoms with Crippen molar-refractivity contribution >= 4 is 17.8 Å². The first kappa shape index (κ1) is 28.9. The van der Waals surface area contributed by atoms with E-state index in [2.05, 4.69) is 10.6 Å². The number of rotatable bonds is 9. The number of carbonyl (C=O) groups is 2. The fourth-order valence-corrected chi connectivity index (χ4v) is 4.82. The number of para-hydroxylation sites is 1. The second kappa shape index (κ2) is 12.5. The smallest absolute Gasteiger partial charge is 0.335 e. The standard InChI is InChI=1S/C30H29F2N5O5/c1-18-26(19-7-6-8-21(15-19)29(38)39)35-37(22-9-4-3-5-10-22)28(18)34-30(40)33-25-17-36(13-14-41-2)42-27(25)20-11-12-23(31)24(32)16-20/h3-12,15-16,25,27H,13-14,17H2,1-2H3,(H,38,39)(H2,33,34,40)/t25-,27+/m1/s1. The predicted molar refractivity (Wildman–Crippen MR) is 150 cm³/mol. The van der Waals surface area contributed by atoms with Gasteiger partial charge in [-0.2, -0.15) is 10.2 Å². The number of aromatic nitrogens is 2. The van der Waals surface area contributed by atoms with Crippen LogP contribution in [0.4, 0.5) is 19.4 Å². The summed E-state index contributed by atoms with van der Waals surface area (Å²) < 4.78 is 34.4. The van der Waals surface area contributed by atoms with Gasteiger partial charge in [0.05, 0.1) is 29.6 Å². The van der Waals surface area contributed by atoms with E-state index < -0.39 is 35.8 Å². The summed E-state index contributed by atoms with van der Waals surface area (Å²) in [6, 6.07) is 17.9. The number of carboxylic acids is 1. The van der Waals surface area contributed by atoms with E-state index in [1.807, 2.05) is 30.3 Å². The van der Waals surface area contributed by atoms with Crippen molar-refractivity contribution in [3.8, 4) is 16.9 Å². The first-order valence-electron chi connectivity index (χ1n) is 13.2. The highest BCUT2D eigenvalue weighted by Gasteiger charge is 2.37. The van der Waals surface area contributed by atoms with E-state index in [4.69, 9.17) is 14.7 Å². The van der Waals surface area contributed by atoms with Crippen molar-refractivity contribution in [1.29, 1.82) is 0 Å². The first-order chi connectivity index (χ1) is 20.2. The SMILES string of the molecule is COCCN1C[C@@H](NC(=O)Nc2c(C)c(-c3cccc(C(=O)O)c3)nn2-c2ccccc2)[C@H](c2ccc(F)c(F)c2)O1. The largest absolute Gasteiger partial charge is 0.478 e. The summed E-state index contributed by atoms with van der Waals surface area (Å²) in [5.41, 5.74) is 2.82. The van der Waals surface area contributed by atoms with Crippen molar-refractivity contribution < 1.29 is 33.1 Å². The molecule has 1 saturated heterocycles. The van der Waals surface area contributed by atoms with E-state index >= 15 is 0 Å². The molecule has 42 heavy (non-hydrogen) atoms. The Kier molecular flexibility index (Phi) is 8.57. The Morgan fingerprint density at radius 1 is 1.07 bits per heavy atom. The van der Waals surface area contributed by atoms with Crippen molar-refractivity contribution in [2.45, 2.75) is 19.1 Å². The van der Waals surface area contributed by atoms with E-state index in [-0.39, 0.29) is 12.1 Å². The molecule has 1 aromatic heterocycles. The molecule has 2 atom stereocenters. The molecule has 3 N–H and O–H groups in total. The molecular weight excluding hydrogens is 548 g/mol. The number of halogens is 2. The number of nitrogens with one attached hydrogen (secondary N) is 2. The number of aromatic carboxylic acids is 1. The van der Waals surface area contributed by atoms with Gasteiger partial charge in [-0.1, -0.05) is 36.4 Å². The minimum atomic E-state index is -1.07. The lowest BCUT2D eigenvalue weighted by molar-refractivity contribution is -0.154. The number of carbonyl (C=O) groups excluding carboxylic acids is 1. The van der Waals surface area contributed by atoms with Crippen LogP contribution in [0.1, 0.15) is 27.6 Å². The summed E-state index contributed by atoms with van der Waals surface area (Å²) >= 11 is 0. The van der Waals surface area contributed by atoms with Crippen molar-refractivity contribution in [3.63, 3.8) is 0 Å².